The summed E-state index contributed by atoms with van der Waals surface area (Å²) >= 11 is 0. The number of rotatable bonds is 5. The second kappa shape index (κ2) is 5.88. The monoisotopic (exact) mass is 239 g/mol. The number of aryl methyl sites for hydroxylation is 1. The summed E-state index contributed by atoms with van der Waals surface area (Å²) in [5, 5.41) is 9.23. The number of nitrogen functional groups attached to an aromatic ring is 1. The number of nitrogens with zero attached hydrogens (tertiary/aromatic N) is 2. The van der Waals surface area contributed by atoms with E-state index in [-0.39, 0.29) is 17.5 Å². The van der Waals surface area contributed by atoms with E-state index < -0.39 is 0 Å². The van der Waals surface area contributed by atoms with Crippen molar-refractivity contribution in [3.63, 3.8) is 0 Å². The van der Waals surface area contributed by atoms with Crippen molar-refractivity contribution in [2.45, 2.75) is 20.4 Å². The van der Waals surface area contributed by atoms with Crippen LogP contribution in [0.3, 0.4) is 0 Å². The predicted molar refractivity (Wildman–Crippen MR) is 63.3 cm³/mol. The van der Waals surface area contributed by atoms with Crippen molar-refractivity contribution in [1.82, 2.24) is 20.4 Å². The van der Waals surface area contributed by atoms with Gasteiger partial charge in [-0.15, -0.1) is 0 Å². The average molecular weight is 239 g/mol. The minimum atomic E-state index is -0.333. The zero-order valence-electron chi connectivity index (χ0n) is 9.99. The molecule has 0 aliphatic rings. The number of carbonyl (C=O) groups is 2. The molecule has 17 heavy (non-hydrogen) atoms. The molecule has 0 saturated heterocycles. The largest absolute Gasteiger partial charge is 0.396 e. The highest BCUT2D eigenvalue weighted by molar-refractivity contribution is 5.97. The second-order valence-electron chi connectivity index (χ2n) is 3.53. The summed E-state index contributed by atoms with van der Waals surface area (Å²) in [4.78, 5) is 22.3. The van der Waals surface area contributed by atoms with Gasteiger partial charge in [-0.1, -0.05) is 0 Å². The third-order valence-electron chi connectivity index (χ3n) is 2.11. The van der Waals surface area contributed by atoms with Crippen LogP contribution in [0.4, 0.5) is 5.69 Å². The SMILES string of the molecule is CCn1cc(N)c(C(=O)NCCNC(C)=O)n1. The quantitative estimate of drug-likeness (QED) is 0.594. The summed E-state index contributed by atoms with van der Waals surface area (Å²) in [5.74, 6) is -0.464. The first kappa shape index (κ1) is 13.0. The van der Waals surface area contributed by atoms with Gasteiger partial charge in [0, 0.05) is 32.8 Å². The van der Waals surface area contributed by atoms with E-state index in [1.807, 2.05) is 6.92 Å². The van der Waals surface area contributed by atoms with Crippen molar-refractivity contribution in [1.29, 1.82) is 0 Å². The standard InChI is InChI=1S/C10H17N5O2/c1-3-15-6-8(11)9(14-15)10(17)13-5-4-12-7(2)16/h6H,3-5,11H2,1-2H3,(H,12,16)(H,13,17). The number of nitrogens with two attached hydrogens (primary N) is 1. The third kappa shape index (κ3) is 3.78. The molecule has 0 atom stereocenters. The second-order valence-corrected chi connectivity index (χ2v) is 3.53. The molecule has 7 nitrogen and oxygen atoms in total. The lowest BCUT2D eigenvalue weighted by molar-refractivity contribution is -0.118. The van der Waals surface area contributed by atoms with Crippen LogP contribution in [-0.4, -0.2) is 34.7 Å². The Bertz CT molecular complexity index is 413. The molecule has 94 valence electrons. The van der Waals surface area contributed by atoms with Crippen LogP contribution in [0.15, 0.2) is 6.20 Å². The van der Waals surface area contributed by atoms with Gasteiger partial charge in [-0.05, 0) is 6.92 Å². The highest BCUT2D eigenvalue weighted by atomic mass is 16.2. The first-order valence-corrected chi connectivity index (χ1v) is 5.40. The molecule has 4 N–H and O–H groups in total. The molecule has 0 aromatic carbocycles. The molecule has 1 rings (SSSR count). The van der Waals surface area contributed by atoms with Crippen LogP contribution >= 0.6 is 0 Å². The van der Waals surface area contributed by atoms with E-state index in [2.05, 4.69) is 15.7 Å². The lowest BCUT2D eigenvalue weighted by atomic mass is 10.3. The van der Waals surface area contributed by atoms with Gasteiger partial charge in [0.2, 0.25) is 5.91 Å². The average Bonchev–Trinajstić information content (AvgIpc) is 2.65. The van der Waals surface area contributed by atoms with Gasteiger partial charge in [0.1, 0.15) is 0 Å². The Morgan fingerprint density at radius 2 is 2.06 bits per heavy atom. The molecular weight excluding hydrogens is 222 g/mol. The number of amides is 2. The van der Waals surface area contributed by atoms with Crippen LogP contribution in [0.25, 0.3) is 0 Å². The van der Waals surface area contributed by atoms with Gasteiger partial charge in [-0.2, -0.15) is 5.10 Å². The maximum absolute atomic E-state index is 11.7. The van der Waals surface area contributed by atoms with Crippen LogP contribution < -0.4 is 16.4 Å². The van der Waals surface area contributed by atoms with Gasteiger partial charge in [0.25, 0.3) is 5.91 Å². The molecule has 0 radical (unpaired) electrons. The summed E-state index contributed by atoms with van der Waals surface area (Å²) < 4.78 is 1.60. The number of aromatic nitrogens is 2. The Morgan fingerprint density at radius 1 is 1.41 bits per heavy atom. The first-order chi connectivity index (χ1) is 8.04. The lowest BCUT2D eigenvalue weighted by Gasteiger charge is -2.04. The fourth-order valence-electron chi connectivity index (χ4n) is 1.27. The van der Waals surface area contributed by atoms with Gasteiger partial charge in [0.05, 0.1) is 5.69 Å². The number of carbonyl (C=O) groups excluding carboxylic acids is 2. The topological polar surface area (TPSA) is 102 Å². The molecule has 1 heterocycles. The summed E-state index contributed by atoms with van der Waals surface area (Å²) in [6, 6.07) is 0. The molecule has 1 aromatic rings. The molecular formula is C10H17N5O2. The molecule has 1 aromatic heterocycles. The fourth-order valence-corrected chi connectivity index (χ4v) is 1.27. The van der Waals surface area contributed by atoms with E-state index in [1.165, 1.54) is 6.92 Å². The van der Waals surface area contributed by atoms with Crippen LogP contribution in [0.2, 0.25) is 0 Å². The van der Waals surface area contributed by atoms with Crippen molar-refractivity contribution in [2.75, 3.05) is 18.8 Å². The number of nitrogens with one attached hydrogen (secondary N) is 2. The summed E-state index contributed by atoms with van der Waals surface area (Å²) in [7, 11) is 0. The van der Waals surface area contributed by atoms with Crippen molar-refractivity contribution in [3.8, 4) is 0 Å². The van der Waals surface area contributed by atoms with E-state index in [9.17, 15) is 9.59 Å². The van der Waals surface area contributed by atoms with Crippen molar-refractivity contribution in [2.24, 2.45) is 0 Å². The number of hydrogen-bond acceptors (Lipinski definition) is 4. The zero-order valence-corrected chi connectivity index (χ0v) is 9.99. The summed E-state index contributed by atoms with van der Waals surface area (Å²) in [6.45, 7) is 4.71. The Morgan fingerprint density at radius 3 is 2.59 bits per heavy atom. The van der Waals surface area contributed by atoms with Gasteiger partial charge in [0.15, 0.2) is 5.69 Å². The van der Waals surface area contributed by atoms with Gasteiger partial charge >= 0.3 is 0 Å². The third-order valence-corrected chi connectivity index (χ3v) is 2.11. The smallest absolute Gasteiger partial charge is 0.274 e. The summed E-state index contributed by atoms with van der Waals surface area (Å²) in [6.07, 6.45) is 1.61. The van der Waals surface area contributed by atoms with Crippen LogP contribution in [0, 0.1) is 0 Å². The highest BCUT2D eigenvalue weighted by Gasteiger charge is 2.13. The Balaban J connectivity index is 2.46. The van der Waals surface area contributed by atoms with E-state index >= 15 is 0 Å². The van der Waals surface area contributed by atoms with Crippen LogP contribution in [0.5, 0.6) is 0 Å². The van der Waals surface area contributed by atoms with Gasteiger partial charge in [-0.3, -0.25) is 14.3 Å². The molecule has 0 aliphatic heterocycles. The maximum atomic E-state index is 11.7. The molecule has 0 unspecified atom stereocenters. The minimum Gasteiger partial charge on any atom is -0.396 e. The molecule has 0 saturated carbocycles. The fraction of sp³-hybridized carbons (Fsp3) is 0.500. The van der Waals surface area contributed by atoms with E-state index in [0.29, 0.717) is 25.3 Å². The Hall–Kier alpha value is -2.05. The van der Waals surface area contributed by atoms with E-state index in [4.69, 9.17) is 5.73 Å². The molecule has 2 amide bonds. The van der Waals surface area contributed by atoms with E-state index in [1.54, 1.807) is 10.9 Å². The zero-order chi connectivity index (χ0) is 12.8. The van der Waals surface area contributed by atoms with Crippen LogP contribution in [0.1, 0.15) is 24.3 Å². The molecule has 7 heteroatoms. The molecule has 0 bridgehead atoms. The molecule has 0 spiro atoms. The number of hydrogen-bond donors (Lipinski definition) is 3. The maximum Gasteiger partial charge on any atom is 0.274 e. The first-order valence-electron chi connectivity index (χ1n) is 5.40. The highest BCUT2D eigenvalue weighted by Crippen LogP contribution is 2.08. The van der Waals surface area contributed by atoms with E-state index in [0.717, 1.165) is 0 Å². The molecule has 0 fully saturated rings. The normalized spacial score (nSPS) is 10.0. The van der Waals surface area contributed by atoms with Crippen LogP contribution in [-0.2, 0) is 11.3 Å². The van der Waals surface area contributed by atoms with Gasteiger partial charge < -0.3 is 16.4 Å². The van der Waals surface area contributed by atoms with Crippen molar-refractivity contribution >= 4 is 17.5 Å². The summed E-state index contributed by atoms with van der Waals surface area (Å²) in [5.41, 5.74) is 6.22. The van der Waals surface area contributed by atoms with Crippen molar-refractivity contribution in [3.05, 3.63) is 11.9 Å². The predicted octanol–water partition coefficient (Wildman–Crippen LogP) is -0.649. The Kier molecular flexibility index (Phi) is 4.50. The van der Waals surface area contributed by atoms with Crippen molar-refractivity contribution < 1.29 is 9.59 Å². The minimum absolute atomic E-state index is 0.131. The number of anilines is 1. The van der Waals surface area contributed by atoms with Gasteiger partial charge in [-0.25, -0.2) is 0 Å². The molecule has 0 aliphatic carbocycles. The lowest BCUT2D eigenvalue weighted by Crippen LogP contribution is -2.34. The Labute approximate surface area is 99.4 Å².